The molecule has 6 heteroatoms. The van der Waals surface area contributed by atoms with Crippen molar-refractivity contribution in [2.24, 2.45) is 0 Å². The van der Waals surface area contributed by atoms with Crippen LogP contribution in [0.25, 0.3) is 89.2 Å². The van der Waals surface area contributed by atoms with Gasteiger partial charge in [-0.05, 0) is 82.6 Å². The summed E-state index contributed by atoms with van der Waals surface area (Å²) in [5, 5.41) is 2.21. The smallest absolute Gasteiger partial charge is 0.145 e. The molecule has 0 aliphatic rings. The van der Waals surface area contributed by atoms with Gasteiger partial charge < -0.3 is 0 Å². The van der Waals surface area contributed by atoms with E-state index in [0.717, 1.165) is 89.2 Å². The van der Waals surface area contributed by atoms with Gasteiger partial charge in [-0.2, -0.15) is 0 Å². The Morgan fingerprint density at radius 1 is 0.460 bits per heavy atom. The molecule has 0 radical (unpaired) electrons. The number of pyridine rings is 3. The third-order valence-electron chi connectivity index (χ3n) is 9.45. The van der Waals surface area contributed by atoms with Crippen LogP contribution < -0.4 is 0 Å². The van der Waals surface area contributed by atoms with E-state index in [1.165, 1.54) is 0 Å². The van der Waals surface area contributed by atoms with Gasteiger partial charge in [-0.15, -0.1) is 0 Å². The third-order valence-corrected chi connectivity index (χ3v) is 9.45. The zero-order valence-electron chi connectivity index (χ0n) is 26.8. The number of imidazole rings is 2. The quantitative estimate of drug-likeness (QED) is 0.188. The molecule has 0 unspecified atom stereocenters. The second-order valence-corrected chi connectivity index (χ2v) is 12.4. The van der Waals surface area contributed by atoms with Crippen LogP contribution in [0.3, 0.4) is 0 Å². The first-order chi connectivity index (χ1) is 24.8. The van der Waals surface area contributed by atoms with E-state index in [0.29, 0.717) is 0 Å². The predicted octanol–water partition coefficient (Wildman–Crippen LogP) is 10.4. The molecule has 0 aliphatic carbocycles. The molecule has 0 saturated heterocycles. The molecule has 234 valence electrons. The van der Waals surface area contributed by atoms with Crippen molar-refractivity contribution in [1.82, 2.24) is 28.9 Å². The van der Waals surface area contributed by atoms with E-state index in [9.17, 15) is 0 Å². The highest BCUT2D eigenvalue weighted by molar-refractivity contribution is 6.19. The summed E-state index contributed by atoms with van der Waals surface area (Å²) in [5.41, 5.74) is 13.0. The molecule has 5 heterocycles. The Bertz CT molecular complexity index is 2840. The van der Waals surface area contributed by atoms with Gasteiger partial charge in [0.05, 0.1) is 27.9 Å². The van der Waals surface area contributed by atoms with Gasteiger partial charge in [0.15, 0.2) is 0 Å². The first-order valence-electron chi connectivity index (χ1n) is 16.6. The fourth-order valence-electron chi connectivity index (χ4n) is 7.21. The monoisotopic (exact) mass is 640 g/mol. The van der Waals surface area contributed by atoms with Crippen molar-refractivity contribution in [3.05, 3.63) is 170 Å². The Balaban J connectivity index is 1.17. The molecule has 0 N–H and O–H groups in total. The minimum atomic E-state index is 0.863. The molecular formula is C44H28N6. The molecule has 0 atom stereocenters. The number of benzene rings is 5. The molecule has 10 aromatic rings. The van der Waals surface area contributed by atoms with Crippen LogP contribution in [0.4, 0.5) is 0 Å². The number of hydrogen-bond acceptors (Lipinski definition) is 4. The van der Waals surface area contributed by atoms with Gasteiger partial charge in [0.1, 0.15) is 17.0 Å². The summed E-state index contributed by atoms with van der Waals surface area (Å²) in [4.78, 5) is 20.0. The lowest BCUT2D eigenvalue weighted by Crippen LogP contribution is -1.97. The summed E-state index contributed by atoms with van der Waals surface area (Å²) in [7, 11) is 0. The zero-order valence-corrected chi connectivity index (χ0v) is 26.8. The Labute approximate surface area is 287 Å². The Kier molecular flexibility index (Phi) is 6.39. The number of nitrogens with zero attached hydrogens (tertiary/aromatic N) is 6. The third kappa shape index (κ3) is 4.43. The second-order valence-electron chi connectivity index (χ2n) is 12.4. The molecule has 0 spiro atoms. The van der Waals surface area contributed by atoms with Crippen molar-refractivity contribution in [1.29, 1.82) is 0 Å². The van der Waals surface area contributed by atoms with E-state index in [1.54, 1.807) is 0 Å². The molecule has 0 fully saturated rings. The molecule has 6 nitrogen and oxygen atoms in total. The van der Waals surface area contributed by atoms with Crippen LogP contribution in [0.15, 0.2) is 170 Å². The topological polar surface area (TPSA) is 60.9 Å². The summed E-state index contributed by atoms with van der Waals surface area (Å²) in [6, 6.07) is 52.3. The Hall–Kier alpha value is -6.92. The van der Waals surface area contributed by atoms with Crippen LogP contribution in [0, 0.1) is 0 Å². The van der Waals surface area contributed by atoms with Crippen molar-refractivity contribution in [3.63, 3.8) is 0 Å². The van der Waals surface area contributed by atoms with Crippen molar-refractivity contribution in [3.8, 4) is 50.7 Å². The summed E-state index contributed by atoms with van der Waals surface area (Å²) < 4.78 is 4.45. The maximum Gasteiger partial charge on any atom is 0.145 e. The zero-order chi connectivity index (χ0) is 33.0. The van der Waals surface area contributed by atoms with Crippen LogP contribution in [0.1, 0.15) is 0 Å². The fourth-order valence-corrected chi connectivity index (χ4v) is 7.21. The Morgan fingerprint density at radius 3 is 1.82 bits per heavy atom. The van der Waals surface area contributed by atoms with Gasteiger partial charge in [-0.3, -0.25) is 18.9 Å². The number of para-hydroxylation sites is 3. The highest BCUT2D eigenvalue weighted by Gasteiger charge is 2.22. The second kappa shape index (κ2) is 11.4. The minimum absolute atomic E-state index is 0.863. The fraction of sp³-hybridized carbons (Fsp3) is 0. The predicted molar refractivity (Wildman–Crippen MR) is 202 cm³/mol. The van der Waals surface area contributed by atoms with Crippen molar-refractivity contribution in [2.45, 2.75) is 0 Å². The average molecular weight is 641 g/mol. The van der Waals surface area contributed by atoms with E-state index in [2.05, 4.69) is 130 Å². The van der Waals surface area contributed by atoms with E-state index in [1.807, 2.05) is 48.8 Å². The van der Waals surface area contributed by atoms with Crippen LogP contribution in [0.5, 0.6) is 0 Å². The maximum absolute atomic E-state index is 5.26. The lowest BCUT2D eigenvalue weighted by atomic mass is 9.93. The van der Waals surface area contributed by atoms with Crippen LogP contribution in [0.2, 0.25) is 0 Å². The van der Waals surface area contributed by atoms with Crippen molar-refractivity contribution in [2.75, 3.05) is 0 Å². The highest BCUT2D eigenvalue weighted by atomic mass is 15.1. The van der Waals surface area contributed by atoms with E-state index in [-0.39, 0.29) is 0 Å². The standard InChI is InChI=1S/C44H28N6/c1-2-12-32(13-3-1)50-38-19-7-6-16-35(38)47-44(50)30-22-20-29(21-23-30)31-24-25-39-48-42-40(36-17-8-10-26-45-36)33-14-4-5-15-34(33)41(43(42)49(39)28-31)37-18-9-11-27-46-37/h1-28H. The van der Waals surface area contributed by atoms with Gasteiger partial charge in [-0.1, -0.05) is 91.0 Å². The number of hydrogen-bond donors (Lipinski definition) is 0. The van der Waals surface area contributed by atoms with E-state index < -0.39 is 0 Å². The van der Waals surface area contributed by atoms with Crippen LogP contribution in [-0.2, 0) is 0 Å². The first kappa shape index (κ1) is 28.1. The van der Waals surface area contributed by atoms with Crippen LogP contribution in [-0.4, -0.2) is 28.9 Å². The molecule has 5 aromatic carbocycles. The molecular weight excluding hydrogens is 613 g/mol. The summed E-state index contributed by atoms with van der Waals surface area (Å²) in [6.45, 7) is 0. The molecule has 0 bridgehead atoms. The molecule has 0 aliphatic heterocycles. The maximum atomic E-state index is 5.26. The van der Waals surface area contributed by atoms with Gasteiger partial charge in [0, 0.05) is 41.0 Å². The molecule has 50 heavy (non-hydrogen) atoms. The number of aromatic nitrogens is 6. The van der Waals surface area contributed by atoms with Gasteiger partial charge in [0.2, 0.25) is 0 Å². The lowest BCUT2D eigenvalue weighted by molar-refractivity contribution is 1.10. The molecule has 0 amide bonds. The first-order valence-corrected chi connectivity index (χ1v) is 16.6. The van der Waals surface area contributed by atoms with Gasteiger partial charge in [-0.25, -0.2) is 9.97 Å². The lowest BCUT2D eigenvalue weighted by Gasteiger charge is -2.14. The Morgan fingerprint density at radius 2 is 1.08 bits per heavy atom. The number of fused-ring (bicyclic) bond motifs is 5. The van der Waals surface area contributed by atoms with Crippen molar-refractivity contribution < 1.29 is 0 Å². The molecule has 5 aromatic heterocycles. The van der Waals surface area contributed by atoms with E-state index >= 15 is 0 Å². The summed E-state index contributed by atoms with van der Waals surface area (Å²) >= 11 is 0. The van der Waals surface area contributed by atoms with Gasteiger partial charge >= 0.3 is 0 Å². The largest absolute Gasteiger partial charge is 0.298 e. The molecule has 0 saturated carbocycles. The molecule has 10 rings (SSSR count). The highest BCUT2D eigenvalue weighted by Crippen LogP contribution is 2.43. The van der Waals surface area contributed by atoms with Crippen LogP contribution >= 0.6 is 0 Å². The van der Waals surface area contributed by atoms with E-state index in [4.69, 9.17) is 19.9 Å². The summed E-state index contributed by atoms with van der Waals surface area (Å²) in [5.74, 6) is 0.911. The SMILES string of the molecule is c1ccc(-n2c(-c3ccc(-c4ccc5nc6c(-c7ccccn7)c7ccccc7c(-c7ccccn7)c6n5c4)cc3)nc3ccccc32)cc1. The van der Waals surface area contributed by atoms with Crippen molar-refractivity contribution >= 4 is 38.5 Å². The normalized spacial score (nSPS) is 11.6. The summed E-state index contributed by atoms with van der Waals surface area (Å²) in [6.07, 6.45) is 5.89. The minimum Gasteiger partial charge on any atom is -0.298 e. The number of rotatable bonds is 5. The average Bonchev–Trinajstić information content (AvgIpc) is 3.77. The van der Waals surface area contributed by atoms with Gasteiger partial charge in [0.25, 0.3) is 0 Å².